The zero-order chi connectivity index (χ0) is 15.7. The van der Waals surface area contributed by atoms with Crippen molar-refractivity contribution in [2.24, 2.45) is 5.73 Å². The fraction of sp³-hybridized carbons (Fsp3) is 0.0588. The molecule has 0 unspecified atom stereocenters. The van der Waals surface area contributed by atoms with Gasteiger partial charge in [-0.3, -0.25) is 0 Å². The second kappa shape index (κ2) is 6.09. The molecular weight excluding hydrogens is 363 g/mol. The Bertz CT molecular complexity index is 794. The van der Waals surface area contributed by atoms with Crippen LogP contribution in [0.1, 0.15) is 14.9 Å². The average molecular weight is 376 g/mol. The predicted octanol–water partition coefficient (Wildman–Crippen LogP) is 3.53. The van der Waals surface area contributed by atoms with Gasteiger partial charge in [0.1, 0.15) is 0 Å². The maximum atomic E-state index is 11.6. The summed E-state index contributed by atoms with van der Waals surface area (Å²) in [6, 6.07) is 15.6. The summed E-state index contributed by atoms with van der Waals surface area (Å²) in [7, 11) is 0. The van der Waals surface area contributed by atoms with Gasteiger partial charge in [0.15, 0.2) is 0 Å². The van der Waals surface area contributed by atoms with E-state index in [9.17, 15) is 4.79 Å². The van der Waals surface area contributed by atoms with Gasteiger partial charge < -0.3 is 0 Å². The Hall–Kier alpha value is -1.87. The van der Waals surface area contributed by atoms with Crippen LogP contribution in [-0.2, 0) is 0 Å². The number of aromatic nitrogens is 1. The van der Waals surface area contributed by atoms with Crippen LogP contribution in [0.3, 0.4) is 0 Å². The molecule has 0 saturated carbocycles. The van der Waals surface area contributed by atoms with E-state index >= 15 is 0 Å². The van der Waals surface area contributed by atoms with Gasteiger partial charge in [-0.2, -0.15) is 0 Å². The summed E-state index contributed by atoms with van der Waals surface area (Å²) in [4.78, 5) is 16.1. The Balaban J connectivity index is 2.28. The third kappa shape index (κ3) is 2.73. The van der Waals surface area contributed by atoms with Crippen molar-refractivity contribution >= 4 is 32.0 Å². The summed E-state index contributed by atoms with van der Waals surface area (Å²) in [6.45, 7) is 2.05. The number of carbonyl (C=O) groups excluding carboxylic acids is 1. The second-order valence-corrected chi connectivity index (χ2v) is 7.36. The number of benzene rings is 2. The van der Waals surface area contributed by atoms with Crippen LogP contribution in [0.25, 0.3) is 21.3 Å². The van der Waals surface area contributed by atoms with E-state index in [1.54, 1.807) is 0 Å². The number of hydrogen-bond donors (Lipinski definition) is 1. The summed E-state index contributed by atoms with van der Waals surface area (Å²) in [5.41, 5.74) is 9.27. The zero-order valence-corrected chi connectivity index (χ0v) is 14.3. The van der Waals surface area contributed by atoms with E-state index in [0.29, 0.717) is 9.59 Å². The third-order valence-corrected chi connectivity index (χ3v) is 6.00. The van der Waals surface area contributed by atoms with Crippen LogP contribution in [0, 0.1) is 6.92 Å². The van der Waals surface area contributed by atoms with Gasteiger partial charge in [-0.1, -0.05) is 0 Å². The van der Waals surface area contributed by atoms with Crippen molar-refractivity contribution in [3.8, 4) is 21.3 Å². The van der Waals surface area contributed by atoms with Gasteiger partial charge in [-0.15, -0.1) is 0 Å². The molecule has 0 saturated heterocycles. The number of primary amides is 1. The van der Waals surface area contributed by atoms with Crippen LogP contribution in [0.2, 0.25) is 5.02 Å². The molecule has 0 bridgehead atoms. The fourth-order valence-corrected chi connectivity index (χ4v) is 4.64. The van der Waals surface area contributed by atoms with Crippen molar-refractivity contribution in [3.05, 3.63) is 63.7 Å². The fourth-order valence-electron chi connectivity index (χ4n) is 2.27. The van der Waals surface area contributed by atoms with Gasteiger partial charge in [-0.05, 0) is 0 Å². The molecule has 0 spiro atoms. The number of carbonyl (C=O) groups is 1. The maximum absolute atomic E-state index is 11.6. The van der Waals surface area contributed by atoms with Crippen LogP contribution in [0.5, 0.6) is 0 Å². The summed E-state index contributed by atoms with van der Waals surface area (Å²) in [5.74, 6) is -0.465. The van der Waals surface area contributed by atoms with Crippen molar-refractivity contribution in [2.45, 2.75) is 6.92 Å². The van der Waals surface area contributed by atoms with Crippen LogP contribution in [-0.4, -0.2) is 25.4 Å². The SMILES string of the molecule is Cc1ccccc1-c1[se]c(C(N)=O)nc1-c1ccccc1Cl. The molecular formula is C17H13ClN2OSe. The Labute approximate surface area is 139 Å². The van der Waals surface area contributed by atoms with Gasteiger partial charge in [0.05, 0.1) is 0 Å². The van der Waals surface area contributed by atoms with E-state index in [0.717, 1.165) is 26.8 Å². The van der Waals surface area contributed by atoms with Gasteiger partial charge in [0.2, 0.25) is 0 Å². The van der Waals surface area contributed by atoms with Crippen LogP contribution < -0.4 is 5.73 Å². The van der Waals surface area contributed by atoms with Crippen molar-refractivity contribution in [3.63, 3.8) is 0 Å². The minimum absolute atomic E-state index is 0.216. The molecule has 3 rings (SSSR count). The standard InChI is InChI=1S/C17H13ClN2OSe/c1-10-6-2-3-7-11(10)15-14(20-17(22-15)16(19)21)12-8-4-5-9-13(12)18/h2-9H,1H3,(H2,19,21). The first kappa shape index (κ1) is 15.0. The molecule has 3 aromatic rings. The first-order valence-corrected chi connectivity index (χ1v) is 8.78. The summed E-state index contributed by atoms with van der Waals surface area (Å²) in [5, 5.41) is 0.619. The molecule has 1 amide bonds. The number of halogens is 1. The summed E-state index contributed by atoms with van der Waals surface area (Å²) in [6.07, 6.45) is 0. The quantitative estimate of drug-likeness (QED) is 0.712. The molecule has 1 heterocycles. The van der Waals surface area contributed by atoms with Gasteiger partial charge in [-0.25, -0.2) is 0 Å². The Morgan fingerprint density at radius 1 is 1.09 bits per heavy atom. The topological polar surface area (TPSA) is 56.0 Å². The molecule has 0 fully saturated rings. The monoisotopic (exact) mass is 376 g/mol. The molecule has 2 aromatic carbocycles. The van der Waals surface area contributed by atoms with E-state index in [1.807, 2.05) is 55.5 Å². The molecule has 1 aromatic heterocycles. The first-order chi connectivity index (χ1) is 10.6. The molecule has 3 nitrogen and oxygen atoms in total. The normalized spacial score (nSPS) is 10.6. The van der Waals surface area contributed by atoms with Gasteiger partial charge in [0.25, 0.3) is 0 Å². The van der Waals surface area contributed by atoms with E-state index < -0.39 is 5.91 Å². The minimum atomic E-state index is -0.465. The van der Waals surface area contributed by atoms with Gasteiger partial charge >= 0.3 is 139 Å². The number of amides is 1. The van der Waals surface area contributed by atoms with Crippen molar-refractivity contribution in [1.29, 1.82) is 0 Å². The van der Waals surface area contributed by atoms with E-state index in [1.165, 1.54) is 0 Å². The number of aryl methyl sites for hydroxylation is 1. The van der Waals surface area contributed by atoms with Crippen LogP contribution in [0.4, 0.5) is 0 Å². The molecule has 5 heteroatoms. The molecule has 0 aliphatic carbocycles. The van der Waals surface area contributed by atoms with Crippen molar-refractivity contribution in [1.82, 2.24) is 4.98 Å². The number of nitrogens with two attached hydrogens (primary N) is 1. The molecule has 0 aliphatic rings. The second-order valence-electron chi connectivity index (χ2n) is 4.86. The number of rotatable bonds is 3. The van der Waals surface area contributed by atoms with Gasteiger partial charge in [0, 0.05) is 0 Å². The van der Waals surface area contributed by atoms with Crippen molar-refractivity contribution < 1.29 is 4.79 Å². The van der Waals surface area contributed by atoms with E-state index in [2.05, 4.69) is 4.98 Å². The van der Waals surface area contributed by atoms with Crippen molar-refractivity contribution in [2.75, 3.05) is 0 Å². The first-order valence-electron chi connectivity index (χ1n) is 6.69. The van der Waals surface area contributed by atoms with E-state index in [-0.39, 0.29) is 14.5 Å². The Morgan fingerprint density at radius 2 is 1.73 bits per heavy atom. The van der Waals surface area contributed by atoms with E-state index in [4.69, 9.17) is 17.3 Å². The van der Waals surface area contributed by atoms with Crippen LogP contribution in [0.15, 0.2) is 48.5 Å². The zero-order valence-electron chi connectivity index (χ0n) is 11.8. The number of nitrogens with zero attached hydrogens (tertiary/aromatic N) is 1. The molecule has 22 heavy (non-hydrogen) atoms. The molecule has 0 atom stereocenters. The van der Waals surface area contributed by atoms with Crippen LogP contribution >= 0.6 is 11.6 Å². The molecule has 2 N–H and O–H groups in total. The number of hydrogen-bond acceptors (Lipinski definition) is 2. The Morgan fingerprint density at radius 3 is 2.36 bits per heavy atom. The summed E-state index contributed by atoms with van der Waals surface area (Å²) < 4.78 is 1.48. The Kier molecular flexibility index (Phi) is 4.16. The third-order valence-electron chi connectivity index (χ3n) is 3.36. The summed E-state index contributed by atoms with van der Waals surface area (Å²) >= 11 is 6.10. The molecule has 0 radical (unpaired) electrons. The molecule has 110 valence electrons. The molecule has 0 aliphatic heterocycles. The average Bonchev–Trinajstić information content (AvgIpc) is 2.93. The predicted molar refractivity (Wildman–Crippen MR) is 90.3 cm³/mol.